The van der Waals surface area contributed by atoms with Gasteiger partial charge in [0.2, 0.25) is 11.8 Å². The minimum Gasteiger partial charge on any atom is -0.497 e. The Morgan fingerprint density at radius 1 is 1.32 bits per heavy atom. The van der Waals surface area contributed by atoms with Crippen LogP contribution < -0.4 is 26.3 Å². The van der Waals surface area contributed by atoms with Crippen molar-refractivity contribution in [3.05, 3.63) is 18.2 Å². The Kier molecular flexibility index (Phi) is 5.13. The van der Waals surface area contributed by atoms with Crippen LogP contribution in [0.5, 0.6) is 11.5 Å². The number of ether oxygens (including phenoxy) is 2. The second-order valence-corrected chi connectivity index (χ2v) is 3.83. The predicted octanol–water partition coefficient (Wildman–Crippen LogP) is -0.155. The summed E-state index contributed by atoms with van der Waals surface area (Å²) in [7, 11) is 2.99. The second kappa shape index (κ2) is 6.60. The van der Waals surface area contributed by atoms with Crippen molar-refractivity contribution in [2.75, 3.05) is 19.5 Å². The Morgan fingerprint density at radius 2 is 2.00 bits per heavy atom. The van der Waals surface area contributed by atoms with Crippen LogP contribution in [0.25, 0.3) is 0 Å². The Hall–Kier alpha value is -2.28. The lowest BCUT2D eigenvalue weighted by Crippen LogP contribution is -2.39. The SMILES string of the molecule is COc1ccc(NC(=O)C(N)CC(N)=O)c(OC)c1. The highest BCUT2D eigenvalue weighted by atomic mass is 16.5. The zero-order chi connectivity index (χ0) is 14.4. The largest absolute Gasteiger partial charge is 0.497 e. The van der Waals surface area contributed by atoms with E-state index in [2.05, 4.69) is 5.32 Å². The Bertz CT molecular complexity index is 476. The number of benzene rings is 1. The van der Waals surface area contributed by atoms with Crippen molar-refractivity contribution in [3.8, 4) is 11.5 Å². The molecule has 0 aliphatic rings. The number of hydrogen-bond donors (Lipinski definition) is 3. The van der Waals surface area contributed by atoms with Gasteiger partial charge in [-0.05, 0) is 12.1 Å². The maximum atomic E-state index is 11.7. The van der Waals surface area contributed by atoms with Gasteiger partial charge in [0.1, 0.15) is 11.5 Å². The lowest BCUT2D eigenvalue weighted by Gasteiger charge is -2.14. The van der Waals surface area contributed by atoms with Gasteiger partial charge in [-0.25, -0.2) is 0 Å². The number of nitrogens with two attached hydrogens (primary N) is 2. The maximum Gasteiger partial charge on any atom is 0.241 e. The molecule has 0 saturated carbocycles. The van der Waals surface area contributed by atoms with Crippen LogP contribution in [-0.2, 0) is 9.59 Å². The standard InChI is InChI=1S/C12H17N3O4/c1-18-7-3-4-9(10(5-7)19-2)15-12(17)8(13)6-11(14)16/h3-5,8H,6,13H2,1-2H3,(H2,14,16)(H,15,17). The van der Waals surface area contributed by atoms with Crippen LogP contribution in [-0.4, -0.2) is 32.1 Å². The number of methoxy groups -OCH3 is 2. The first kappa shape index (κ1) is 14.8. The summed E-state index contributed by atoms with van der Waals surface area (Å²) in [6.07, 6.45) is -0.218. The molecule has 7 heteroatoms. The van der Waals surface area contributed by atoms with Gasteiger partial charge in [-0.3, -0.25) is 9.59 Å². The minimum atomic E-state index is -0.996. The van der Waals surface area contributed by atoms with E-state index >= 15 is 0 Å². The van der Waals surface area contributed by atoms with E-state index in [1.165, 1.54) is 14.2 Å². The average molecular weight is 267 g/mol. The van der Waals surface area contributed by atoms with Crippen molar-refractivity contribution in [1.82, 2.24) is 0 Å². The highest BCUT2D eigenvalue weighted by molar-refractivity contribution is 5.98. The summed E-state index contributed by atoms with van der Waals surface area (Å²) < 4.78 is 10.2. The van der Waals surface area contributed by atoms with Gasteiger partial charge in [-0.15, -0.1) is 0 Å². The lowest BCUT2D eigenvalue weighted by atomic mass is 10.2. The maximum absolute atomic E-state index is 11.7. The third kappa shape index (κ3) is 4.14. The molecule has 0 saturated heterocycles. The fraction of sp³-hybridized carbons (Fsp3) is 0.333. The van der Waals surface area contributed by atoms with Crippen molar-refractivity contribution in [2.24, 2.45) is 11.5 Å². The Morgan fingerprint density at radius 3 is 2.53 bits per heavy atom. The molecule has 0 bridgehead atoms. The van der Waals surface area contributed by atoms with Crippen molar-refractivity contribution in [1.29, 1.82) is 0 Å². The lowest BCUT2D eigenvalue weighted by molar-refractivity contribution is -0.123. The van der Waals surface area contributed by atoms with Crippen LogP contribution in [0.3, 0.4) is 0 Å². The quantitative estimate of drug-likeness (QED) is 0.662. The van der Waals surface area contributed by atoms with E-state index in [0.717, 1.165) is 0 Å². The summed E-state index contributed by atoms with van der Waals surface area (Å²) in [5.41, 5.74) is 11.0. The van der Waals surface area contributed by atoms with Gasteiger partial charge in [-0.1, -0.05) is 0 Å². The fourth-order valence-corrected chi connectivity index (χ4v) is 1.44. The molecule has 0 radical (unpaired) electrons. The first-order chi connectivity index (χ1) is 8.97. The van der Waals surface area contributed by atoms with E-state index in [4.69, 9.17) is 20.9 Å². The van der Waals surface area contributed by atoms with Gasteiger partial charge in [0.25, 0.3) is 0 Å². The molecule has 2 amide bonds. The van der Waals surface area contributed by atoms with E-state index in [1.54, 1.807) is 18.2 Å². The number of nitrogens with one attached hydrogen (secondary N) is 1. The first-order valence-electron chi connectivity index (χ1n) is 5.54. The van der Waals surface area contributed by atoms with Gasteiger partial charge in [0.15, 0.2) is 0 Å². The second-order valence-electron chi connectivity index (χ2n) is 3.83. The minimum absolute atomic E-state index is 0.218. The molecule has 1 rings (SSSR count). The summed E-state index contributed by atoms with van der Waals surface area (Å²) >= 11 is 0. The number of hydrogen-bond acceptors (Lipinski definition) is 5. The van der Waals surface area contributed by atoms with Crippen molar-refractivity contribution in [2.45, 2.75) is 12.5 Å². The van der Waals surface area contributed by atoms with E-state index in [-0.39, 0.29) is 6.42 Å². The molecule has 1 unspecified atom stereocenters. The zero-order valence-electron chi connectivity index (χ0n) is 10.8. The van der Waals surface area contributed by atoms with E-state index in [9.17, 15) is 9.59 Å². The number of anilines is 1. The molecular formula is C12H17N3O4. The van der Waals surface area contributed by atoms with Crippen molar-refractivity contribution < 1.29 is 19.1 Å². The summed E-state index contributed by atoms with van der Waals surface area (Å²) in [4.78, 5) is 22.4. The van der Waals surface area contributed by atoms with Crippen LogP contribution in [0.1, 0.15) is 6.42 Å². The van der Waals surface area contributed by atoms with Crippen LogP contribution in [0.4, 0.5) is 5.69 Å². The summed E-state index contributed by atoms with van der Waals surface area (Å²) in [5.74, 6) is -0.123. The number of primary amides is 1. The van der Waals surface area contributed by atoms with Crippen molar-refractivity contribution in [3.63, 3.8) is 0 Å². The smallest absolute Gasteiger partial charge is 0.241 e. The highest BCUT2D eigenvalue weighted by Gasteiger charge is 2.17. The first-order valence-corrected chi connectivity index (χ1v) is 5.54. The molecule has 1 atom stereocenters. The van der Waals surface area contributed by atoms with Gasteiger partial charge in [-0.2, -0.15) is 0 Å². The van der Waals surface area contributed by atoms with Crippen LogP contribution in [0, 0.1) is 0 Å². The number of carbonyl (C=O) groups excluding carboxylic acids is 2. The summed E-state index contributed by atoms with van der Waals surface area (Å²) in [5, 5.41) is 2.57. The van der Waals surface area contributed by atoms with E-state index in [1.807, 2.05) is 0 Å². The third-order valence-electron chi connectivity index (χ3n) is 2.42. The molecule has 0 fully saturated rings. The van der Waals surface area contributed by atoms with Gasteiger partial charge < -0.3 is 26.3 Å². The highest BCUT2D eigenvalue weighted by Crippen LogP contribution is 2.29. The molecule has 19 heavy (non-hydrogen) atoms. The third-order valence-corrected chi connectivity index (χ3v) is 2.42. The van der Waals surface area contributed by atoms with Crippen molar-refractivity contribution >= 4 is 17.5 Å². The number of amides is 2. The molecule has 0 spiro atoms. The molecule has 7 nitrogen and oxygen atoms in total. The number of carbonyl (C=O) groups is 2. The van der Waals surface area contributed by atoms with Gasteiger partial charge in [0, 0.05) is 6.07 Å². The predicted molar refractivity (Wildman–Crippen MR) is 70.0 cm³/mol. The average Bonchev–Trinajstić information content (AvgIpc) is 2.38. The molecule has 1 aromatic carbocycles. The normalized spacial score (nSPS) is 11.5. The molecule has 0 aliphatic carbocycles. The van der Waals surface area contributed by atoms with Gasteiger partial charge in [0.05, 0.1) is 32.4 Å². The topological polar surface area (TPSA) is 117 Å². The Balaban J connectivity index is 2.81. The molecule has 0 aliphatic heterocycles. The van der Waals surface area contributed by atoms with Crippen LogP contribution in [0.15, 0.2) is 18.2 Å². The summed E-state index contributed by atoms with van der Waals surface area (Å²) in [6.45, 7) is 0. The van der Waals surface area contributed by atoms with Crippen LogP contribution >= 0.6 is 0 Å². The monoisotopic (exact) mass is 267 g/mol. The van der Waals surface area contributed by atoms with Gasteiger partial charge >= 0.3 is 0 Å². The van der Waals surface area contributed by atoms with Crippen LogP contribution in [0.2, 0.25) is 0 Å². The van der Waals surface area contributed by atoms with E-state index in [0.29, 0.717) is 17.2 Å². The number of rotatable bonds is 6. The molecular weight excluding hydrogens is 250 g/mol. The molecule has 0 aromatic heterocycles. The zero-order valence-corrected chi connectivity index (χ0v) is 10.8. The molecule has 104 valence electrons. The summed E-state index contributed by atoms with van der Waals surface area (Å²) in [6, 6.07) is 3.91. The molecule has 1 aromatic rings. The Labute approximate surface area is 110 Å². The van der Waals surface area contributed by atoms with E-state index < -0.39 is 17.9 Å². The molecule has 0 heterocycles. The fourth-order valence-electron chi connectivity index (χ4n) is 1.44. The molecule has 5 N–H and O–H groups in total.